The minimum atomic E-state index is -3.37. The fourth-order valence-corrected chi connectivity index (χ4v) is 3.94. The van der Waals surface area contributed by atoms with E-state index in [4.69, 9.17) is 0 Å². The molecular formula is C18H18F2N2O4S. The van der Waals surface area contributed by atoms with Gasteiger partial charge in [-0.05, 0) is 47.9 Å². The summed E-state index contributed by atoms with van der Waals surface area (Å²) in [6.45, 7) is 0.143. The molecule has 144 valence electrons. The van der Waals surface area contributed by atoms with E-state index in [-0.39, 0.29) is 12.1 Å². The Morgan fingerprint density at radius 3 is 2.63 bits per heavy atom. The first-order valence-corrected chi connectivity index (χ1v) is 10.0. The molecule has 2 N–H and O–H groups in total. The van der Waals surface area contributed by atoms with Gasteiger partial charge in [-0.3, -0.25) is 9.10 Å². The molecule has 0 fully saturated rings. The van der Waals surface area contributed by atoms with Gasteiger partial charge in [0.25, 0.3) is 5.91 Å². The number of rotatable bonds is 5. The lowest BCUT2D eigenvalue weighted by atomic mass is 10.1. The third kappa shape index (κ3) is 4.09. The molecule has 27 heavy (non-hydrogen) atoms. The van der Waals surface area contributed by atoms with Crippen molar-refractivity contribution in [1.29, 1.82) is 0 Å². The number of carbonyl (C=O) groups is 1. The van der Waals surface area contributed by atoms with Crippen LogP contribution in [0.3, 0.4) is 0 Å². The minimum absolute atomic E-state index is 0.145. The Kier molecular flexibility index (Phi) is 5.16. The molecule has 0 unspecified atom stereocenters. The Morgan fingerprint density at radius 2 is 1.96 bits per heavy atom. The van der Waals surface area contributed by atoms with Crippen LogP contribution in [0.2, 0.25) is 0 Å². The summed E-state index contributed by atoms with van der Waals surface area (Å²) in [6.07, 6.45) is 0.433. The molecule has 1 aliphatic rings. The van der Waals surface area contributed by atoms with Crippen molar-refractivity contribution < 1.29 is 27.1 Å². The van der Waals surface area contributed by atoms with E-state index in [1.54, 1.807) is 12.1 Å². The molecule has 0 aliphatic carbocycles. The van der Waals surface area contributed by atoms with Crippen molar-refractivity contribution in [3.8, 4) is 0 Å². The van der Waals surface area contributed by atoms with Gasteiger partial charge in [0.2, 0.25) is 10.0 Å². The number of hydrogen-bond donors (Lipinski definition) is 2. The highest BCUT2D eigenvalue weighted by Gasteiger charge is 2.26. The topological polar surface area (TPSA) is 86.7 Å². The van der Waals surface area contributed by atoms with Gasteiger partial charge < -0.3 is 10.4 Å². The van der Waals surface area contributed by atoms with Crippen molar-refractivity contribution in [3.05, 3.63) is 64.7 Å². The lowest BCUT2D eigenvalue weighted by Crippen LogP contribution is -2.29. The molecule has 2 aromatic carbocycles. The first kappa shape index (κ1) is 19.2. The second-order valence-electron chi connectivity index (χ2n) is 6.33. The fraction of sp³-hybridized carbons (Fsp3) is 0.278. The molecule has 6 nitrogen and oxygen atoms in total. The molecule has 0 saturated heterocycles. The Hall–Kier alpha value is -2.52. The third-order valence-corrected chi connectivity index (χ3v) is 5.56. The van der Waals surface area contributed by atoms with Crippen molar-refractivity contribution in [2.75, 3.05) is 23.7 Å². The van der Waals surface area contributed by atoms with E-state index in [1.165, 1.54) is 16.4 Å². The van der Waals surface area contributed by atoms with Crippen LogP contribution in [-0.2, 0) is 16.4 Å². The monoisotopic (exact) mass is 396 g/mol. The summed E-state index contributed by atoms with van der Waals surface area (Å²) in [5.41, 5.74) is 1.76. The third-order valence-electron chi connectivity index (χ3n) is 4.38. The summed E-state index contributed by atoms with van der Waals surface area (Å²) in [7, 11) is -3.37. The van der Waals surface area contributed by atoms with Gasteiger partial charge in [-0.25, -0.2) is 17.2 Å². The van der Waals surface area contributed by atoms with Crippen molar-refractivity contribution in [2.24, 2.45) is 0 Å². The Labute approximate surface area is 155 Å². The number of aliphatic hydroxyl groups is 1. The van der Waals surface area contributed by atoms with Crippen LogP contribution in [0.5, 0.6) is 0 Å². The first-order valence-electron chi connectivity index (χ1n) is 8.18. The van der Waals surface area contributed by atoms with E-state index in [0.717, 1.165) is 24.0 Å². The van der Waals surface area contributed by atoms with Gasteiger partial charge in [0, 0.05) is 18.7 Å². The minimum Gasteiger partial charge on any atom is -0.387 e. The maximum Gasteiger partial charge on any atom is 0.251 e. The maximum atomic E-state index is 13.2. The van der Waals surface area contributed by atoms with Crippen molar-refractivity contribution in [1.82, 2.24) is 5.32 Å². The number of amides is 1. The zero-order valence-electron chi connectivity index (χ0n) is 14.4. The number of aliphatic hydroxyl groups excluding tert-OH is 1. The molecular weight excluding hydrogens is 378 g/mol. The van der Waals surface area contributed by atoms with E-state index in [2.05, 4.69) is 5.32 Å². The highest BCUT2D eigenvalue weighted by molar-refractivity contribution is 7.92. The van der Waals surface area contributed by atoms with Gasteiger partial charge in [0.05, 0.1) is 18.0 Å². The highest BCUT2D eigenvalue weighted by atomic mass is 32.2. The fourth-order valence-electron chi connectivity index (χ4n) is 2.99. The van der Waals surface area contributed by atoms with Gasteiger partial charge in [0.15, 0.2) is 11.6 Å². The van der Waals surface area contributed by atoms with Crippen LogP contribution in [-0.4, -0.2) is 38.8 Å². The van der Waals surface area contributed by atoms with Gasteiger partial charge in [-0.2, -0.15) is 0 Å². The molecule has 1 heterocycles. The molecule has 1 aliphatic heterocycles. The second-order valence-corrected chi connectivity index (χ2v) is 8.23. The molecule has 0 bridgehead atoms. The van der Waals surface area contributed by atoms with Crippen LogP contribution in [0.4, 0.5) is 14.5 Å². The predicted molar refractivity (Wildman–Crippen MR) is 96.0 cm³/mol. The quantitative estimate of drug-likeness (QED) is 0.806. The van der Waals surface area contributed by atoms with Crippen LogP contribution < -0.4 is 9.62 Å². The van der Waals surface area contributed by atoms with Crippen molar-refractivity contribution in [2.45, 2.75) is 12.5 Å². The van der Waals surface area contributed by atoms with Crippen molar-refractivity contribution in [3.63, 3.8) is 0 Å². The molecule has 1 atom stereocenters. The van der Waals surface area contributed by atoms with Crippen LogP contribution in [0.1, 0.15) is 27.6 Å². The average molecular weight is 396 g/mol. The lowest BCUT2D eigenvalue weighted by molar-refractivity contribution is 0.0916. The second kappa shape index (κ2) is 7.24. The number of benzene rings is 2. The van der Waals surface area contributed by atoms with Gasteiger partial charge in [0.1, 0.15) is 0 Å². The normalized spacial score (nSPS) is 14.7. The molecule has 9 heteroatoms. The summed E-state index contributed by atoms with van der Waals surface area (Å²) in [4.78, 5) is 12.3. The predicted octanol–water partition coefficient (Wildman–Crippen LogP) is 1.75. The number of sulfonamides is 1. The molecule has 0 spiro atoms. The maximum absolute atomic E-state index is 13.2. The van der Waals surface area contributed by atoms with E-state index >= 15 is 0 Å². The van der Waals surface area contributed by atoms with E-state index in [9.17, 15) is 27.1 Å². The summed E-state index contributed by atoms with van der Waals surface area (Å²) < 4.78 is 50.9. The van der Waals surface area contributed by atoms with E-state index in [0.29, 0.717) is 24.2 Å². The molecule has 1 amide bonds. The summed E-state index contributed by atoms with van der Waals surface area (Å²) in [5.74, 6) is -2.56. The number of anilines is 1. The van der Waals surface area contributed by atoms with Gasteiger partial charge in [-0.15, -0.1) is 0 Å². The molecule has 0 radical (unpaired) electrons. The van der Waals surface area contributed by atoms with E-state index in [1.807, 2.05) is 0 Å². The largest absolute Gasteiger partial charge is 0.387 e. The van der Waals surface area contributed by atoms with Crippen LogP contribution in [0, 0.1) is 11.6 Å². The summed E-state index contributed by atoms with van der Waals surface area (Å²) in [5, 5.41) is 12.6. The summed E-state index contributed by atoms with van der Waals surface area (Å²) in [6, 6.07) is 7.71. The zero-order valence-corrected chi connectivity index (χ0v) is 15.3. The standard InChI is InChI=1S/C18H18F2N2O4S/c1-27(25,26)22-7-6-11-8-13(3-5-16(11)22)18(24)21-10-17(23)12-2-4-14(19)15(20)9-12/h2-5,8-9,17,23H,6-7,10H2,1H3,(H,21,24)/t17-/m0/s1. The van der Waals surface area contributed by atoms with Crippen LogP contribution in [0.25, 0.3) is 0 Å². The number of nitrogens with zero attached hydrogens (tertiary/aromatic N) is 1. The van der Waals surface area contributed by atoms with Gasteiger partial charge >= 0.3 is 0 Å². The number of carbonyl (C=O) groups excluding carboxylic acids is 1. The molecule has 2 aromatic rings. The Balaban J connectivity index is 1.68. The van der Waals surface area contributed by atoms with E-state index < -0.39 is 33.7 Å². The molecule has 0 saturated carbocycles. The molecule has 0 aromatic heterocycles. The average Bonchev–Trinajstić information content (AvgIpc) is 3.05. The number of fused-ring (bicyclic) bond motifs is 1. The summed E-state index contributed by atoms with van der Waals surface area (Å²) >= 11 is 0. The SMILES string of the molecule is CS(=O)(=O)N1CCc2cc(C(=O)NC[C@H](O)c3ccc(F)c(F)c3)ccc21. The van der Waals surface area contributed by atoms with Crippen LogP contribution >= 0.6 is 0 Å². The number of nitrogens with one attached hydrogen (secondary N) is 1. The van der Waals surface area contributed by atoms with Crippen molar-refractivity contribution >= 4 is 21.6 Å². The zero-order chi connectivity index (χ0) is 19.8. The molecule has 3 rings (SSSR count). The Morgan fingerprint density at radius 1 is 1.22 bits per heavy atom. The first-order chi connectivity index (χ1) is 12.7. The highest BCUT2D eigenvalue weighted by Crippen LogP contribution is 2.30. The Bertz CT molecular complexity index is 995. The number of halogens is 2. The van der Waals surface area contributed by atoms with Gasteiger partial charge in [-0.1, -0.05) is 6.07 Å². The lowest BCUT2D eigenvalue weighted by Gasteiger charge is -2.16. The van der Waals surface area contributed by atoms with Crippen LogP contribution in [0.15, 0.2) is 36.4 Å². The smallest absolute Gasteiger partial charge is 0.251 e. The number of hydrogen-bond acceptors (Lipinski definition) is 4.